The van der Waals surface area contributed by atoms with Gasteiger partial charge in [-0.15, -0.1) is 0 Å². The lowest BCUT2D eigenvalue weighted by atomic mass is 9.76. The van der Waals surface area contributed by atoms with Crippen LogP contribution in [0.25, 0.3) is 0 Å². The summed E-state index contributed by atoms with van der Waals surface area (Å²) in [6.45, 7) is 8.14. The van der Waals surface area contributed by atoms with Crippen LogP contribution in [0.4, 0.5) is 8.78 Å². The standard InChI is InChI=1S/C29H34F2N4O5/c1-5-6-11-39-26-24-28(38)34-15-23(29(10-9-16(34)2)17(3)18(4)33-40-29)35(24)14-21(25(26)36)27(37)32-13-19-7-8-20(30)12-22(19)31/h7-8,12,14,16-17,23H,5-6,9-11,13,15H2,1-4H3,(H,32,37)/t16-,17-,23+,29-/m0/s1. The number of benzene rings is 1. The number of unbranched alkanes of at least 4 members (excludes halogenated alkanes) is 1. The van der Waals surface area contributed by atoms with Gasteiger partial charge in [-0.2, -0.15) is 0 Å². The first-order valence-electron chi connectivity index (χ1n) is 13.8. The van der Waals surface area contributed by atoms with Gasteiger partial charge in [0.1, 0.15) is 17.2 Å². The Morgan fingerprint density at radius 2 is 2.05 bits per heavy atom. The SMILES string of the molecule is CCCCOc1c2n(cc(C(=O)NCc3ccc(F)cc3F)c1=O)[C@@H]1CN(C2=O)[C@@H](C)CC[C@@]12ON=C(C)[C@@H]2C. The molecule has 1 aromatic heterocycles. The number of pyridine rings is 1. The molecule has 0 radical (unpaired) electrons. The van der Waals surface area contributed by atoms with Crippen LogP contribution < -0.4 is 15.5 Å². The lowest BCUT2D eigenvalue weighted by Crippen LogP contribution is -2.54. The van der Waals surface area contributed by atoms with Crippen LogP contribution in [0.5, 0.6) is 5.75 Å². The fraction of sp³-hybridized carbons (Fsp3) is 0.517. The van der Waals surface area contributed by atoms with E-state index in [1.165, 1.54) is 12.3 Å². The Morgan fingerprint density at radius 1 is 1.27 bits per heavy atom. The molecule has 4 heterocycles. The quantitative estimate of drug-likeness (QED) is 0.516. The predicted octanol–water partition coefficient (Wildman–Crippen LogP) is 4.20. The molecular weight excluding hydrogens is 522 g/mol. The smallest absolute Gasteiger partial charge is 0.274 e. The summed E-state index contributed by atoms with van der Waals surface area (Å²) >= 11 is 0. The summed E-state index contributed by atoms with van der Waals surface area (Å²) in [5.41, 5.74) is -0.762. The van der Waals surface area contributed by atoms with Gasteiger partial charge in [-0.3, -0.25) is 14.4 Å². The summed E-state index contributed by atoms with van der Waals surface area (Å²) in [6, 6.07) is 2.50. The van der Waals surface area contributed by atoms with E-state index >= 15 is 0 Å². The molecule has 3 aliphatic heterocycles. The van der Waals surface area contributed by atoms with Crippen LogP contribution in [0.2, 0.25) is 0 Å². The fourth-order valence-corrected chi connectivity index (χ4v) is 5.91. The van der Waals surface area contributed by atoms with Gasteiger partial charge in [0.15, 0.2) is 17.0 Å². The number of carbonyl (C=O) groups is 2. The van der Waals surface area contributed by atoms with Crippen molar-refractivity contribution in [3.05, 3.63) is 63.1 Å². The first-order valence-corrected chi connectivity index (χ1v) is 13.8. The van der Waals surface area contributed by atoms with Crippen LogP contribution >= 0.6 is 0 Å². The molecule has 1 N–H and O–H groups in total. The van der Waals surface area contributed by atoms with Crippen molar-refractivity contribution < 1.29 is 27.9 Å². The predicted molar refractivity (Wildman–Crippen MR) is 143 cm³/mol. The molecule has 11 heteroatoms. The summed E-state index contributed by atoms with van der Waals surface area (Å²) < 4.78 is 35.1. The third-order valence-electron chi connectivity index (χ3n) is 8.57. The van der Waals surface area contributed by atoms with E-state index in [0.29, 0.717) is 25.8 Å². The highest BCUT2D eigenvalue weighted by Gasteiger charge is 2.57. The van der Waals surface area contributed by atoms with Gasteiger partial charge in [0.2, 0.25) is 5.43 Å². The molecule has 1 spiro atoms. The number of ether oxygens (including phenoxy) is 1. The number of hydrogen-bond donors (Lipinski definition) is 1. The number of oxime groups is 1. The normalized spacial score (nSPS) is 25.2. The van der Waals surface area contributed by atoms with Crippen LogP contribution in [-0.2, 0) is 11.4 Å². The highest BCUT2D eigenvalue weighted by atomic mass is 19.1. The Kier molecular flexibility index (Phi) is 7.41. The zero-order valence-electron chi connectivity index (χ0n) is 23.1. The lowest BCUT2D eigenvalue weighted by molar-refractivity contribution is -0.0865. The van der Waals surface area contributed by atoms with E-state index in [0.717, 1.165) is 24.3 Å². The van der Waals surface area contributed by atoms with E-state index in [-0.39, 0.29) is 53.6 Å². The number of nitrogens with one attached hydrogen (secondary N) is 1. The number of rotatable bonds is 7. The van der Waals surface area contributed by atoms with E-state index < -0.39 is 34.6 Å². The molecule has 9 nitrogen and oxygen atoms in total. The van der Waals surface area contributed by atoms with Crippen LogP contribution in [0.1, 0.15) is 85.8 Å². The average molecular weight is 557 g/mol. The number of carbonyl (C=O) groups excluding carboxylic acids is 2. The van der Waals surface area contributed by atoms with E-state index in [1.54, 1.807) is 9.47 Å². The van der Waals surface area contributed by atoms with Crippen LogP contribution in [0.15, 0.2) is 34.3 Å². The first-order chi connectivity index (χ1) is 19.1. The lowest BCUT2D eigenvalue weighted by Gasteiger charge is -2.43. The van der Waals surface area contributed by atoms with Gasteiger partial charge in [0.25, 0.3) is 11.8 Å². The molecule has 1 saturated heterocycles. The minimum atomic E-state index is -0.811. The van der Waals surface area contributed by atoms with E-state index in [9.17, 15) is 23.2 Å². The van der Waals surface area contributed by atoms with Crippen molar-refractivity contribution in [2.24, 2.45) is 11.1 Å². The summed E-state index contributed by atoms with van der Waals surface area (Å²) in [7, 11) is 0. The van der Waals surface area contributed by atoms with Gasteiger partial charge in [-0.25, -0.2) is 8.78 Å². The Hall–Kier alpha value is -3.76. The van der Waals surface area contributed by atoms with E-state index in [2.05, 4.69) is 10.5 Å². The second-order valence-corrected chi connectivity index (χ2v) is 10.9. The maximum atomic E-state index is 14.2. The average Bonchev–Trinajstić information content (AvgIpc) is 3.13. The van der Waals surface area contributed by atoms with E-state index in [4.69, 9.17) is 9.57 Å². The molecule has 1 fully saturated rings. The maximum absolute atomic E-state index is 14.2. The molecule has 0 unspecified atom stereocenters. The molecule has 4 atom stereocenters. The molecule has 2 amide bonds. The number of nitrogens with zero attached hydrogens (tertiary/aromatic N) is 3. The van der Waals surface area contributed by atoms with Crippen molar-refractivity contribution in [3.63, 3.8) is 0 Å². The molecular formula is C29H34F2N4O5. The summed E-state index contributed by atoms with van der Waals surface area (Å²) in [5, 5.41) is 6.86. The molecule has 0 saturated carbocycles. The van der Waals surface area contributed by atoms with Crippen LogP contribution in [-0.4, -0.2) is 51.8 Å². The zero-order chi connectivity index (χ0) is 28.8. The summed E-state index contributed by atoms with van der Waals surface area (Å²) in [4.78, 5) is 48.8. The Bertz CT molecular complexity index is 1440. The minimum absolute atomic E-state index is 0.0653. The molecule has 5 rings (SSSR count). The highest BCUT2D eigenvalue weighted by Crippen LogP contribution is 2.48. The molecule has 1 aromatic carbocycles. The van der Waals surface area contributed by atoms with Crippen molar-refractivity contribution >= 4 is 17.5 Å². The van der Waals surface area contributed by atoms with Crippen molar-refractivity contribution in [2.45, 2.75) is 77.6 Å². The minimum Gasteiger partial charge on any atom is -0.487 e. The van der Waals surface area contributed by atoms with Gasteiger partial charge in [-0.1, -0.05) is 31.5 Å². The van der Waals surface area contributed by atoms with Crippen molar-refractivity contribution in [1.29, 1.82) is 0 Å². The number of fused-ring (bicyclic) bond motifs is 5. The van der Waals surface area contributed by atoms with Crippen molar-refractivity contribution in [3.8, 4) is 5.75 Å². The fourth-order valence-electron chi connectivity index (χ4n) is 5.91. The molecule has 3 aliphatic rings. The number of aromatic nitrogens is 1. The topological polar surface area (TPSA) is 102 Å². The third-order valence-corrected chi connectivity index (χ3v) is 8.57. The number of amides is 2. The Labute approximate surface area is 231 Å². The first kappa shape index (κ1) is 27.8. The zero-order valence-corrected chi connectivity index (χ0v) is 23.1. The van der Waals surface area contributed by atoms with Crippen molar-refractivity contribution in [2.75, 3.05) is 13.2 Å². The highest BCUT2D eigenvalue weighted by molar-refractivity contribution is 5.99. The van der Waals surface area contributed by atoms with Crippen LogP contribution in [0, 0.1) is 17.6 Å². The van der Waals surface area contributed by atoms with Gasteiger partial charge < -0.3 is 24.4 Å². The summed E-state index contributed by atoms with van der Waals surface area (Å²) in [6.07, 6.45) is 4.14. The molecule has 2 bridgehead atoms. The number of halogens is 2. The van der Waals surface area contributed by atoms with Crippen molar-refractivity contribution in [1.82, 2.24) is 14.8 Å². The van der Waals surface area contributed by atoms with Gasteiger partial charge in [-0.05, 0) is 39.2 Å². The van der Waals surface area contributed by atoms with Gasteiger partial charge >= 0.3 is 0 Å². The summed E-state index contributed by atoms with van der Waals surface area (Å²) in [5.74, 6) is -2.90. The third kappa shape index (κ3) is 4.54. The van der Waals surface area contributed by atoms with Gasteiger partial charge in [0, 0.05) is 42.9 Å². The van der Waals surface area contributed by atoms with Gasteiger partial charge in [0.05, 0.1) is 18.4 Å². The monoisotopic (exact) mass is 556 g/mol. The second kappa shape index (κ2) is 10.7. The molecule has 0 aliphatic carbocycles. The number of hydrogen-bond acceptors (Lipinski definition) is 6. The largest absolute Gasteiger partial charge is 0.487 e. The molecule has 40 heavy (non-hydrogen) atoms. The van der Waals surface area contributed by atoms with E-state index in [1.807, 2.05) is 27.7 Å². The maximum Gasteiger partial charge on any atom is 0.274 e. The molecule has 214 valence electrons. The van der Waals surface area contributed by atoms with Crippen LogP contribution in [0.3, 0.4) is 0 Å². The Morgan fingerprint density at radius 3 is 2.73 bits per heavy atom. The molecule has 2 aromatic rings. The Balaban J connectivity index is 1.61. The second-order valence-electron chi connectivity index (χ2n) is 10.9.